The largest absolute Gasteiger partial charge is 0.493 e. The summed E-state index contributed by atoms with van der Waals surface area (Å²) in [4.78, 5) is 12.6. The standard InChI is InChI=1S/C41H45N3O10/c1-50-37-18-27(36-20-34(44-54-36)26-16-28(21-45)32(24-48)29(17-26)22-46)19-38(51-2)39(37)53-14-8-4-3-7-13-52-35-12-11-25(15-30(35)23-47)40-42-33-10-6-5-9-31(33)41(49)43-40/h5-6,9-12,15-20,40,42,45-48H,3-4,7-8,13-14,21-24H2,1-2H3,(H,43,49). The van der Waals surface area contributed by atoms with E-state index in [0.29, 0.717) is 86.6 Å². The molecule has 0 radical (unpaired) electrons. The van der Waals surface area contributed by atoms with E-state index in [1.165, 1.54) is 0 Å². The lowest BCUT2D eigenvalue weighted by Crippen LogP contribution is -2.38. The van der Waals surface area contributed by atoms with Gasteiger partial charge in [0.15, 0.2) is 17.3 Å². The van der Waals surface area contributed by atoms with Gasteiger partial charge in [-0.3, -0.25) is 4.79 Å². The predicted octanol–water partition coefficient (Wildman–Crippen LogP) is 5.87. The number of benzene rings is 4. The molecule has 0 bridgehead atoms. The number of methoxy groups -OCH3 is 2. The molecule has 1 atom stereocenters. The lowest BCUT2D eigenvalue weighted by atomic mass is 9.97. The van der Waals surface area contributed by atoms with Crippen LogP contribution in [0.2, 0.25) is 0 Å². The van der Waals surface area contributed by atoms with Gasteiger partial charge in [-0.15, -0.1) is 0 Å². The fourth-order valence-electron chi connectivity index (χ4n) is 6.47. The van der Waals surface area contributed by atoms with Gasteiger partial charge in [-0.1, -0.05) is 23.4 Å². The minimum atomic E-state index is -0.416. The summed E-state index contributed by atoms with van der Waals surface area (Å²) in [5, 5.41) is 49.9. The molecule has 1 unspecified atom stereocenters. The summed E-state index contributed by atoms with van der Waals surface area (Å²) in [5.74, 6) is 2.30. The molecule has 13 heteroatoms. The third-order valence-electron chi connectivity index (χ3n) is 9.36. The van der Waals surface area contributed by atoms with Crippen molar-refractivity contribution in [3.05, 3.63) is 106 Å². The summed E-state index contributed by atoms with van der Waals surface area (Å²) >= 11 is 0. The maximum Gasteiger partial charge on any atom is 0.255 e. The van der Waals surface area contributed by atoms with Crippen molar-refractivity contribution in [2.75, 3.05) is 32.8 Å². The van der Waals surface area contributed by atoms with Gasteiger partial charge in [-0.25, -0.2) is 0 Å². The molecular formula is C41H45N3O10. The molecule has 1 aromatic heterocycles. The zero-order chi connectivity index (χ0) is 38.0. The van der Waals surface area contributed by atoms with Crippen LogP contribution >= 0.6 is 0 Å². The topological polar surface area (TPSA) is 185 Å². The maximum atomic E-state index is 12.6. The van der Waals surface area contributed by atoms with Crippen LogP contribution in [0.25, 0.3) is 22.6 Å². The molecule has 6 rings (SSSR count). The van der Waals surface area contributed by atoms with E-state index in [0.717, 1.165) is 36.9 Å². The molecule has 4 aromatic carbocycles. The smallest absolute Gasteiger partial charge is 0.255 e. The average Bonchev–Trinajstić information content (AvgIpc) is 3.71. The van der Waals surface area contributed by atoms with E-state index in [2.05, 4.69) is 15.8 Å². The van der Waals surface area contributed by atoms with Crippen LogP contribution in [0.1, 0.15) is 70.0 Å². The number of carbonyl (C=O) groups excluding carboxylic acids is 1. The summed E-state index contributed by atoms with van der Waals surface area (Å²) in [6.07, 6.45) is 3.01. The number of aliphatic hydroxyl groups excluding tert-OH is 4. The predicted molar refractivity (Wildman–Crippen MR) is 200 cm³/mol. The number of anilines is 1. The molecule has 0 fully saturated rings. The second-order valence-corrected chi connectivity index (χ2v) is 12.8. The van der Waals surface area contributed by atoms with Crippen molar-refractivity contribution >= 4 is 11.6 Å². The Labute approximate surface area is 313 Å². The molecule has 284 valence electrons. The van der Waals surface area contributed by atoms with E-state index in [9.17, 15) is 25.2 Å². The van der Waals surface area contributed by atoms with Crippen LogP contribution < -0.4 is 29.6 Å². The molecular weight excluding hydrogens is 694 g/mol. The molecule has 0 saturated heterocycles. The van der Waals surface area contributed by atoms with Gasteiger partial charge in [0.2, 0.25) is 5.75 Å². The zero-order valence-electron chi connectivity index (χ0n) is 30.3. The van der Waals surface area contributed by atoms with E-state index < -0.39 is 6.17 Å². The Bertz CT molecular complexity index is 2010. The van der Waals surface area contributed by atoms with Gasteiger partial charge in [0.1, 0.15) is 17.6 Å². The SMILES string of the molecule is COc1cc(-c2cc(-c3cc(CO)c(CO)c(CO)c3)no2)cc(OC)c1OCCCCCCOc1ccc(C2NC(=O)c3ccccc3N2)cc1CO. The van der Waals surface area contributed by atoms with Crippen LogP contribution in [-0.2, 0) is 26.4 Å². The lowest BCUT2D eigenvalue weighted by molar-refractivity contribution is 0.0935. The number of hydrogen-bond acceptors (Lipinski definition) is 12. The van der Waals surface area contributed by atoms with E-state index in [4.69, 9.17) is 23.5 Å². The summed E-state index contributed by atoms with van der Waals surface area (Å²) in [6.45, 7) is -0.160. The number of nitrogens with one attached hydrogen (secondary N) is 2. The van der Waals surface area contributed by atoms with E-state index in [1.807, 2.05) is 36.4 Å². The van der Waals surface area contributed by atoms with Crippen LogP contribution in [0.3, 0.4) is 0 Å². The van der Waals surface area contributed by atoms with Gasteiger partial charge in [0.05, 0.1) is 59.4 Å². The highest BCUT2D eigenvalue weighted by Crippen LogP contribution is 2.42. The van der Waals surface area contributed by atoms with Gasteiger partial charge >= 0.3 is 0 Å². The third-order valence-corrected chi connectivity index (χ3v) is 9.36. The number of aliphatic hydroxyl groups is 4. The van der Waals surface area contributed by atoms with Crippen LogP contribution in [0.4, 0.5) is 5.69 Å². The normalized spacial score (nSPS) is 13.5. The molecule has 13 nitrogen and oxygen atoms in total. The second kappa shape index (κ2) is 18.0. The number of carbonyl (C=O) groups is 1. The summed E-state index contributed by atoms with van der Waals surface area (Å²) < 4.78 is 29.1. The fourth-order valence-corrected chi connectivity index (χ4v) is 6.47. The Morgan fingerprint density at radius 3 is 2.00 bits per heavy atom. The van der Waals surface area contributed by atoms with Crippen LogP contribution in [0, 0.1) is 0 Å². The lowest BCUT2D eigenvalue weighted by Gasteiger charge is -2.28. The monoisotopic (exact) mass is 739 g/mol. The first-order valence-corrected chi connectivity index (χ1v) is 17.8. The molecule has 1 aliphatic heterocycles. The van der Waals surface area contributed by atoms with Gasteiger partial charge in [0.25, 0.3) is 5.91 Å². The van der Waals surface area contributed by atoms with Crippen LogP contribution in [0.5, 0.6) is 23.0 Å². The highest BCUT2D eigenvalue weighted by molar-refractivity contribution is 6.01. The number of amides is 1. The zero-order valence-corrected chi connectivity index (χ0v) is 30.3. The van der Waals surface area contributed by atoms with Gasteiger partial charge in [-0.05, 0) is 96.5 Å². The quantitative estimate of drug-likeness (QED) is 0.0589. The van der Waals surface area contributed by atoms with Crippen molar-refractivity contribution in [1.82, 2.24) is 10.5 Å². The second-order valence-electron chi connectivity index (χ2n) is 12.8. The molecule has 0 spiro atoms. The van der Waals surface area contributed by atoms with Crippen molar-refractivity contribution in [2.24, 2.45) is 0 Å². The summed E-state index contributed by atoms with van der Waals surface area (Å²) in [6, 6.07) is 21.6. The Kier molecular flexibility index (Phi) is 12.7. The molecule has 0 saturated carbocycles. The number of fused-ring (bicyclic) bond motifs is 1. The number of ether oxygens (including phenoxy) is 4. The Hall–Kier alpha value is -5.60. The first-order valence-electron chi connectivity index (χ1n) is 17.8. The number of para-hydroxylation sites is 1. The average molecular weight is 740 g/mol. The third kappa shape index (κ3) is 8.45. The van der Waals surface area contributed by atoms with Gasteiger partial charge in [0, 0.05) is 28.4 Å². The molecule has 6 N–H and O–H groups in total. The first-order chi connectivity index (χ1) is 26.4. The van der Waals surface area contributed by atoms with E-state index >= 15 is 0 Å². The highest BCUT2D eigenvalue weighted by atomic mass is 16.5. The highest BCUT2D eigenvalue weighted by Gasteiger charge is 2.25. The minimum Gasteiger partial charge on any atom is -0.493 e. The van der Waals surface area contributed by atoms with Crippen molar-refractivity contribution < 1.29 is 48.7 Å². The molecule has 1 aliphatic rings. The molecule has 0 aliphatic carbocycles. The number of hydrogen-bond donors (Lipinski definition) is 6. The Balaban J connectivity index is 0.993. The van der Waals surface area contributed by atoms with Gasteiger partial charge < -0.3 is 54.5 Å². The maximum absolute atomic E-state index is 12.6. The number of rotatable bonds is 18. The first kappa shape index (κ1) is 38.1. The number of unbranched alkanes of at least 4 members (excludes halogenated alkanes) is 3. The minimum absolute atomic E-state index is 0.152. The van der Waals surface area contributed by atoms with E-state index in [-0.39, 0.29) is 32.3 Å². The molecule has 5 aromatic rings. The fraction of sp³-hybridized carbons (Fsp3) is 0.317. The van der Waals surface area contributed by atoms with Crippen molar-refractivity contribution in [3.8, 4) is 45.6 Å². The van der Waals surface area contributed by atoms with Crippen LogP contribution in [0.15, 0.2) is 77.3 Å². The molecule has 54 heavy (non-hydrogen) atoms. The Morgan fingerprint density at radius 2 is 1.35 bits per heavy atom. The summed E-state index contributed by atoms with van der Waals surface area (Å²) in [5.41, 5.74) is 6.07. The molecule has 2 heterocycles. The van der Waals surface area contributed by atoms with E-state index in [1.54, 1.807) is 50.6 Å². The van der Waals surface area contributed by atoms with Crippen molar-refractivity contribution in [3.63, 3.8) is 0 Å². The number of nitrogens with zero attached hydrogens (tertiary/aromatic N) is 1. The van der Waals surface area contributed by atoms with Crippen molar-refractivity contribution in [1.29, 1.82) is 0 Å². The van der Waals surface area contributed by atoms with Crippen LogP contribution in [-0.4, -0.2) is 58.9 Å². The van der Waals surface area contributed by atoms with Crippen molar-refractivity contribution in [2.45, 2.75) is 58.3 Å². The molecule has 1 amide bonds. The summed E-state index contributed by atoms with van der Waals surface area (Å²) in [7, 11) is 3.10. The van der Waals surface area contributed by atoms with Gasteiger partial charge in [-0.2, -0.15) is 0 Å². The Morgan fingerprint density at radius 1 is 0.685 bits per heavy atom. The number of aromatic nitrogens is 1.